The molecule has 1 amide bonds. The first-order chi connectivity index (χ1) is 9.63. The Morgan fingerprint density at radius 1 is 1.14 bits per heavy atom. The van der Waals surface area contributed by atoms with E-state index in [0.29, 0.717) is 5.96 Å². The van der Waals surface area contributed by atoms with Gasteiger partial charge in [0, 0.05) is 6.04 Å². The molecule has 0 aromatic heterocycles. The van der Waals surface area contributed by atoms with E-state index >= 15 is 0 Å². The van der Waals surface area contributed by atoms with Gasteiger partial charge in [0.1, 0.15) is 5.54 Å². The van der Waals surface area contributed by atoms with Crippen molar-refractivity contribution in [2.45, 2.75) is 58.5 Å². The molecule has 0 spiro atoms. The molecule has 1 aliphatic heterocycles. The molecule has 4 nitrogen and oxygen atoms in total. The van der Waals surface area contributed by atoms with Gasteiger partial charge in [-0.15, -0.1) is 0 Å². The number of aliphatic imine (C=N–C) groups is 1. The van der Waals surface area contributed by atoms with Crippen molar-refractivity contribution >= 4 is 11.9 Å². The Morgan fingerprint density at radius 2 is 1.71 bits per heavy atom. The van der Waals surface area contributed by atoms with Crippen LogP contribution in [-0.4, -0.2) is 17.9 Å². The molecular formula is C17H25N3O. The maximum Gasteiger partial charge on any atom is 0.256 e. The Bertz CT molecular complexity index is 567. The molecule has 1 heterocycles. The van der Waals surface area contributed by atoms with Crippen molar-refractivity contribution in [1.29, 1.82) is 0 Å². The molecule has 114 valence electrons. The van der Waals surface area contributed by atoms with Gasteiger partial charge in [-0.3, -0.25) is 15.1 Å². The van der Waals surface area contributed by atoms with Gasteiger partial charge in [0.15, 0.2) is 5.96 Å². The molecule has 2 N–H and O–H groups in total. The highest BCUT2D eigenvalue weighted by atomic mass is 16.2. The first-order valence-corrected chi connectivity index (χ1v) is 7.41. The topological polar surface area (TPSA) is 53.5 Å². The Balaban J connectivity index is 2.31. The van der Waals surface area contributed by atoms with E-state index in [2.05, 4.69) is 48.5 Å². The zero-order valence-electron chi connectivity index (χ0n) is 13.7. The van der Waals surface area contributed by atoms with E-state index in [0.717, 1.165) is 5.56 Å². The average Bonchev–Trinajstić information content (AvgIpc) is 2.64. The maximum atomic E-state index is 12.3. The van der Waals surface area contributed by atoms with Gasteiger partial charge in [-0.2, -0.15) is 0 Å². The summed E-state index contributed by atoms with van der Waals surface area (Å²) >= 11 is 0. The lowest BCUT2D eigenvalue weighted by atomic mass is 9.84. The summed E-state index contributed by atoms with van der Waals surface area (Å²) in [6.07, 6.45) is 0. The highest BCUT2D eigenvalue weighted by Crippen LogP contribution is 2.28. The number of benzene rings is 1. The monoisotopic (exact) mass is 287 g/mol. The zero-order valence-corrected chi connectivity index (χ0v) is 13.7. The molecule has 0 radical (unpaired) electrons. The number of guanidine groups is 1. The van der Waals surface area contributed by atoms with Crippen LogP contribution in [-0.2, 0) is 15.7 Å². The van der Waals surface area contributed by atoms with Gasteiger partial charge in [-0.1, -0.05) is 45.0 Å². The van der Waals surface area contributed by atoms with Crippen LogP contribution >= 0.6 is 0 Å². The van der Waals surface area contributed by atoms with Crippen LogP contribution in [0, 0.1) is 0 Å². The summed E-state index contributed by atoms with van der Waals surface area (Å²) in [6.45, 7) is 12.4. The molecule has 1 aromatic carbocycles. The fraction of sp³-hybridized carbons (Fsp3) is 0.529. The summed E-state index contributed by atoms with van der Waals surface area (Å²) in [5, 5.41) is 6.03. The van der Waals surface area contributed by atoms with Gasteiger partial charge >= 0.3 is 0 Å². The number of hydrogen-bond donors (Lipinski definition) is 2. The smallest absolute Gasteiger partial charge is 0.256 e. The Morgan fingerprint density at radius 3 is 2.19 bits per heavy atom. The minimum atomic E-state index is -0.760. The first kappa shape index (κ1) is 15.5. The number of carbonyl (C=O) groups is 1. The van der Waals surface area contributed by atoms with Crippen LogP contribution in [0.2, 0.25) is 0 Å². The fourth-order valence-electron chi connectivity index (χ4n) is 2.39. The molecule has 1 saturated heterocycles. The van der Waals surface area contributed by atoms with Crippen LogP contribution in [0.3, 0.4) is 0 Å². The Labute approximate surface area is 127 Å². The minimum absolute atomic E-state index is 0.0644. The first-order valence-electron chi connectivity index (χ1n) is 7.41. The van der Waals surface area contributed by atoms with Crippen molar-refractivity contribution in [3.63, 3.8) is 0 Å². The van der Waals surface area contributed by atoms with E-state index in [-0.39, 0.29) is 17.4 Å². The van der Waals surface area contributed by atoms with Crippen LogP contribution in [0.25, 0.3) is 0 Å². The van der Waals surface area contributed by atoms with E-state index in [9.17, 15) is 4.79 Å². The molecule has 2 rings (SSSR count). The van der Waals surface area contributed by atoms with E-state index in [1.54, 1.807) is 0 Å². The normalized spacial score (nSPS) is 24.3. The highest BCUT2D eigenvalue weighted by Gasteiger charge is 2.42. The van der Waals surface area contributed by atoms with Crippen LogP contribution in [0.4, 0.5) is 0 Å². The van der Waals surface area contributed by atoms with Crippen molar-refractivity contribution in [2.75, 3.05) is 0 Å². The van der Waals surface area contributed by atoms with Crippen LogP contribution in [0.5, 0.6) is 0 Å². The third kappa shape index (κ3) is 3.09. The lowest BCUT2D eigenvalue weighted by molar-refractivity contribution is -0.123. The SMILES string of the molecule is CC(C)N=C1NC(=O)C(C)(c2ccc(C(C)(C)C)cc2)N1. The summed E-state index contributed by atoms with van der Waals surface area (Å²) in [7, 11) is 0. The number of hydrogen-bond acceptors (Lipinski definition) is 2. The molecule has 0 saturated carbocycles. The summed E-state index contributed by atoms with van der Waals surface area (Å²) in [5.41, 5.74) is 1.55. The molecule has 1 fully saturated rings. The largest absolute Gasteiger partial charge is 0.338 e. The quantitative estimate of drug-likeness (QED) is 0.878. The third-order valence-electron chi connectivity index (χ3n) is 3.77. The van der Waals surface area contributed by atoms with Crippen molar-refractivity contribution in [2.24, 2.45) is 4.99 Å². The predicted octanol–water partition coefficient (Wildman–Crippen LogP) is 2.68. The summed E-state index contributed by atoms with van der Waals surface area (Å²) < 4.78 is 0. The number of rotatable bonds is 2. The molecule has 0 bridgehead atoms. The molecular weight excluding hydrogens is 262 g/mol. The lowest BCUT2D eigenvalue weighted by Gasteiger charge is -2.24. The van der Waals surface area contributed by atoms with Gasteiger partial charge in [-0.25, -0.2) is 0 Å². The molecule has 1 atom stereocenters. The minimum Gasteiger partial charge on any atom is -0.338 e. The third-order valence-corrected chi connectivity index (χ3v) is 3.77. The summed E-state index contributed by atoms with van der Waals surface area (Å²) in [6, 6.07) is 8.36. The predicted molar refractivity (Wildman–Crippen MR) is 86.3 cm³/mol. The van der Waals surface area contributed by atoms with Crippen molar-refractivity contribution in [3.05, 3.63) is 35.4 Å². The number of nitrogens with zero attached hydrogens (tertiary/aromatic N) is 1. The summed E-state index contributed by atoms with van der Waals surface area (Å²) in [5.74, 6) is 0.489. The van der Waals surface area contributed by atoms with Gasteiger partial charge in [0.05, 0.1) is 0 Å². The molecule has 1 unspecified atom stereocenters. The van der Waals surface area contributed by atoms with Gasteiger partial charge in [-0.05, 0) is 37.3 Å². The second-order valence-corrected chi connectivity index (χ2v) is 7.10. The van der Waals surface area contributed by atoms with E-state index < -0.39 is 5.54 Å². The highest BCUT2D eigenvalue weighted by molar-refractivity contribution is 6.09. The van der Waals surface area contributed by atoms with Crippen LogP contribution in [0.15, 0.2) is 29.3 Å². The Hall–Kier alpha value is -1.84. The molecule has 1 aromatic rings. The summed E-state index contributed by atoms with van der Waals surface area (Å²) in [4.78, 5) is 16.7. The van der Waals surface area contributed by atoms with Gasteiger partial charge in [0.25, 0.3) is 5.91 Å². The lowest BCUT2D eigenvalue weighted by Crippen LogP contribution is -2.40. The maximum absolute atomic E-state index is 12.3. The molecule has 4 heteroatoms. The number of amides is 1. The average molecular weight is 287 g/mol. The number of carbonyl (C=O) groups excluding carboxylic acids is 1. The number of nitrogens with one attached hydrogen (secondary N) is 2. The van der Waals surface area contributed by atoms with E-state index in [1.807, 2.05) is 32.9 Å². The Kier molecular flexibility index (Phi) is 3.83. The zero-order chi connectivity index (χ0) is 15.8. The van der Waals surface area contributed by atoms with E-state index in [1.165, 1.54) is 5.56 Å². The van der Waals surface area contributed by atoms with Crippen molar-refractivity contribution < 1.29 is 4.79 Å². The second-order valence-electron chi connectivity index (χ2n) is 7.10. The van der Waals surface area contributed by atoms with Crippen LogP contribution < -0.4 is 10.6 Å². The van der Waals surface area contributed by atoms with Gasteiger partial charge < -0.3 is 5.32 Å². The molecule has 1 aliphatic rings. The van der Waals surface area contributed by atoms with Crippen LogP contribution in [0.1, 0.15) is 52.7 Å². The van der Waals surface area contributed by atoms with Crippen molar-refractivity contribution in [3.8, 4) is 0 Å². The van der Waals surface area contributed by atoms with E-state index in [4.69, 9.17) is 0 Å². The van der Waals surface area contributed by atoms with Crippen molar-refractivity contribution in [1.82, 2.24) is 10.6 Å². The van der Waals surface area contributed by atoms with Gasteiger partial charge in [0.2, 0.25) is 0 Å². The molecule has 21 heavy (non-hydrogen) atoms. The second kappa shape index (κ2) is 5.17. The standard InChI is InChI=1S/C17H25N3O/c1-11(2)18-15-19-14(21)17(6,20-15)13-9-7-12(8-10-13)16(3,4)5/h7-11H,1-6H3,(H2,18,19,20,21). The fourth-order valence-corrected chi connectivity index (χ4v) is 2.39. The molecule has 0 aliphatic carbocycles.